The van der Waals surface area contributed by atoms with Crippen molar-refractivity contribution in [2.75, 3.05) is 18.5 Å². The number of para-hydroxylation sites is 1. The van der Waals surface area contributed by atoms with Crippen LogP contribution < -0.4 is 26.2 Å². The molecule has 4 atom stereocenters. The number of halogens is 11. The maximum absolute atomic E-state index is 15.4. The van der Waals surface area contributed by atoms with Gasteiger partial charge in [0.25, 0.3) is 11.1 Å². The Labute approximate surface area is 424 Å². The van der Waals surface area contributed by atoms with E-state index in [-0.39, 0.29) is 43.0 Å². The summed E-state index contributed by atoms with van der Waals surface area (Å²) in [5, 5.41) is 8.92. The van der Waals surface area contributed by atoms with Crippen LogP contribution in [0.4, 0.5) is 45.2 Å². The average Bonchev–Trinajstić information content (AvgIpc) is 3.85. The molecule has 2 aliphatic rings. The van der Waals surface area contributed by atoms with Gasteiger partial charge < -0.3 is 33.7 Å². The number of amides is 1. The van der Waals surface area contributed by atoms with Crippen molar-refractivity contribution in [2.24, 2.45) is 0 Å². The summed E-state index contributed by atoms with van der Waals surface area (Å²) >= 11 is 11.3. The normalized spacial score (nSPS) is 17.0. The second-order valence-electron chi connectivity index (χ2n) is 16.5. The van der Waals surface area contributed by atoms with Crippen LogP contribution in [-0.2, 0) is 45.3 Å². The van der Waals surface area contributed by atoms with Crippen LogP contribution in [-0.4, -0.2) is 90.2 Å². The first kappa shape index (κ1) is 57.4. The molecule has 2 fully saturated rings. The minimum Gasteiger partial charge on any atom is -0.480 e. The Balaban J connectivity index is 0.000000247. The minimum absolute atomic E-state index is 0.102. The van der Waals surface area contributed by atoms with Crippen LogP contribution in [0.2, 0.25) is 5.02 Å². The largest absolute Gasteiger partial charge is 0.480 e. The maximum atomic E-state index is 15.4. The zero-order chi connectivity index (χ0) is 54.2. The van der Waals surface area contributed by atoms with Gasteiger partial charge in [-0.15, -0.1) is 10.2 Å². The van der Waals surface area contributed by atoms with Crippen LogP contribution in [0.3, 0.4) is 0 Å². The van der Waals surface area contributed by atoms with Gasteiger partial charge in [-0.3, -0.25) is 18.7 Å². The molecule has 17 nitrogen and oxygen atoms in total. The number of benzene rings is 3. The average molecular weight is 1100 g/mol. The lowest BCUT2D eigenvalue weighted by atomic mass is 10.1. The first-order chi connectivity index (χ1) is 34.9. The number of alkyl halides is 6. The van der Waals surface area contributed by atoms with E-state index in [1.807, 2.05) is 0 Å². The van der Waals surface area contributed by atoms with Gasteiger partial charge in [-0.2, -0.15) is 35.7 Å². The number of anilines is 1. The second kappa shape index (κ2) is 24.6. The molecular formula is C46H48Cl2F9N7O10. The predicted molar refractivity (Wildman–Crippen MR) is 246 cm³/mol. The van der Waals surface area contributed by atoms with E-state index in [1.54, 1.807) is 13.8 Å². The van der Waals surface area contributed by atoms with Gasteiger partial charge in [0.05, 0.1) is 21.8 Å². The Hall–Kier alpha value is -5.93. The van der Waals surface area contributed by atoms with E-state index in [0.717, 1.165) is 43.9 Å². The molecule has 7 rings (SSSR count). The summed E-state index contributed by atoms with van der Waals surface area (Å²) in [5.41, 5.74) is -4.43. The van der Waals surface area contributed by atoms with E-state index in [0.29, 0.717) is 61.4 Å². The molecule has 2 aliphatic heterocycles. The van der Waals surface area contributed by atoms with Crippen LogP contribution in [0, 0.1) is 17.5 Å². The number of carbonyl (C=O) groups is 2. The Kier molecular flexibility index (Phi) is 19.1. The van der Waals surface area contributed by atoms with Crippen molar-refractivity contribution in [3.05, 3.63) is 109 Å². The number of ether oxygens (including phenoxy) is 6. The lowest BCUT2D eigenvalue weighted by Crippen LogP contribution is -2.32. The molecule has 0 aliphatic carbocycles. The molecule has 0 radical (unpaired) electrons. The number of hydrogen-bond acceptors (Lipinski definition) is 12. The van der Waals surface area contributed by atoms with Crippen molar-refractivity contribution in [3.63, 3.8) is 0 Å². The summed E-state index contributed by atoms with van der Waals surface area (Å²) in [6, 6.07) is 6.25. The smallest absolute Gasteiger partial charge is 0.425 e. The number of aromatic nitrogens is 6. The highest BCUT2D eigenvalue weighted by Crippen LogP contribution is 2.34. The van der Waals surface area contributed by atoms with Crippen molar-refractivity contribution in [2.45, 2.75) is 130 Å². The Morgan fingerprint density at radius 3 is 1.55 bits per heavy atom. The molecule has 3 aromatic carbocycles. The molecule has 0 saturated carbocycles. The van der Waals surface area contributed by atoms with Gasteiger partial charge in [0, 0.05) is 38.4 Å². The minimum atomic E-state index is -4.86. The third-order valence-corrected chi connectivity index (χ3v) is 11.8. The van der Waals surface area contributed by atoms with Gasteiger partial charge in [-0.1, -0.05) is 17.7 Å². The van der Waals surface area contributed by atoms with E-state index >= 15 is 4.39 Å². The van der Waals surface area contributed by atoms with Crippen molar-refractivity contribution >= 4 is 40.0 Å². The van der Waals surface area contributed by atoms with Gasteiger partial charge in [0.2, 0.25) is 0 Å². The lowest BCUT2D eigenvalue weighted by molar-refractivity contribution is -0.189. The first-order valence-electron chi connectivity index (χ1n) is 22.9. The lowest BCUT2D eigenvalue weighted by Gasteiger charge is -2.22. The molecule has 4 heterocycles. The summed E-state index contributed by atoms with van der Waals surface area (Å²) in [5.74, 6) is -5.51. The van der Waals surface area contributed by atoms with Crippen LogP contribution in [0.15, 0.2) is 52.1 Å². The van der Waals surface area contributed by atoms with Gasteiger partial charge >= 0.3 is 23.7 Å². The molecule has 2 aromatic heterocycles. The van der Waals surface area contributed by atoms with Crippen molar-refractivity contribution in [3.8, 4) is 22.9 Å². The third-order valence-electron chi connectivity index (χ3n) is 11.3. The molecule has 2 saturated heterocycles. The van der Waals surface area contributed by atoms with Crippen LogP contribution in [0.1, 0.15) is 98.6 Å². The number of nitrogens with zero attached hydrogens (tertiary/aromatic N) is 6. The van der Waals surface area contributed by atoms with Crippen molar-refractivity contribution in [1.29, 1.82) is 0 Å². The number of hydrogen-bond donors (Lipinski definition) is 1. The van der Waals surface area contributed by atoms with Crippen molar-refractivity contribution in [1.82, 2.24) is 28.7 Å². The van der Waals surface area contributed by atoms with Crippen molar-refractivity contribution < 1.29 is 77.5 Å². The summed E-state index contributed by atoms with van der Waals surface area (Å²) in [4.78, 5) is 50.6. The molecular weight excluding hydrogens is 1050 g/mol. The van der Waals surface area contributed by atoms with Gasteiger partial charge in [-0.05, 0) is 102 Å². The topological polar surface area (TPSA) is 181 Å². The highest BCUT2D eigenvalue weighted by molar-refractivity contribution is 6.68. The number of carbonyl (C=O) groups excluding carboxylic acids is 2. The summed E-state index contributed by atoms with van der Waals surface area (Å²) in [7, 11) is 0. The fourth-order valence-corrected chi connectivity index (χ4v) is 7.66. The molecule has 2 unspecified atom stereocenters. The molecule has 74 heavy (non-hydrogen) atoms. The zero-order valence-electron chi connectivity index (χ0n) is 39.8. The highest BCUT2D eigenvalue weighted by Gasteiger charge is 2.40. The number of nitrogens with one attached hydrogen (secondary N) is 1. The monoisotopic (exact) mass is 1100 g/mol. The SMILES string of the molecule is CCn1c(COC2CCCCO2)nn(-c2cc(O[C@@H](C)C(F)(F)F)c(C(=O)Cl)cc2F)c1=O.CCn1c(COC2CCCCO2)nn(-c2cc(O[C@@H](C)C(F)(F)F)c(C(=O)Nc3c(F)cccc3Cl)cc2F)c1=O. The molecule has 0 bridgehead atoms. The summed E-state index contributed by atoms with van der Waals surface area (Å²) in [6.45, 7) is 5.83. The summed E-state index contributed by atoms with van der Waals surface area (Å²) < 4.78 is 159. The Bertz CT molecular complexity index is 2890. The number of rotatable bonds is 17. The van der Waals surface area contributed by atoms with Crippen LogP contribution in [0.5, 0.6) is 11.5 Å². The standard InChI is InChI=1S/C26H26ClF5N4O5.C20H22ClF4N3O5/c1-3-35-21(13-40-22-9-4-5-10-39-22)34-36(25(35)38)19-12-20(41-14(2)26(30,31)32)15(11-18(19)29)24(37)33-23-16(27)7-6-8-17(23)28;1-3-27-16(10-32-17-6-4-5-7-31-17)26-28(19(27)30)14-9-15(33-11(2)20(23,24)25)12(18(21)29)8-13(14)22/h6-8,11-12,14,22H,3-5,9-10,13H2,1-2H3,(H,33,37);8-9,11,17H,3-7,10H2,1-2H3/t14-,22?;11-,17?/m00/s1. The quantitative estimate of drug-likeness (QED) is 0.0689. The third kappa shape index (κ3) is 13.9. The molecule has 28 heteroatoms. The second-order valence-corrected chi connectivity index (χ2v) is 17.2. The van der Waals surface area contributed by atoms with E-state index in [4.69, 9.17) is 51.6 Å². The van der Waals surface area contributed by atoms with Gasteiger partial charge in [0.15, 0.2) is 36.4 Å². The van der Waals surface area contributed by atoms with Gasteiger partial charge in [0.1, 0.15) is 53.5 Å². The molecule has 404 valence electrons. The van der Waals surface area contributed by atoms with E-state index in [1.165, 1.54) is 21.3 Å². The Morgan fingerprint density at radius 2 is 1.16 bits per heavy atom. The Morgan fingerprint density at radius 1 is 0.716 bits per heavy atom. The zero-order valence-corrected chi connectivity index (χ0v) is 41.3. The fourth-order valence-electron chi connectivity index (χ4n) is 7.31. The fraction of sp³-hybridized carbons (Fsp3) is 0.478. The van der Waals surface area contributed by atoms with Gasteiger partial charge in [-0.25, -0.2) is 22.8 Å². The van der Waals surface area contributed by atoms with E-state index in [2.05, 4.69) is 15.5 Å². The van der Waals surface area contributed by atoms with E-state index < -0.39 is 117 Å². The predicted octanol–water partition coefficient (Wildman–Crippen LogP) is 9.56. The van der Waals surface area contributed by atoms with E-state index in [9.17, 15) is 54.3 Å². The molecule has 1 N–H and O–H groups in total. The summed E-state index contributed by atoms with van der Waals surface area (Å²) in [6.07, 6.45) is -10.4. The first-order valence-corrected chi connectivity index (χ1v) is 23.6. The van der Waals surface area contributed by atoms with Crippen LogP contribution in [0.25, 0.3) is 11.4 Å². The molecule has 5 aromatic rings. The molecule has 0 spiro atoms. The molecule has 1 amide bonds. The van der Waals surface area contributed by atoms with Crippen LogP contribution >= 0.6 is 23.2 Å². The highest BCUT2D eigenvalue weighted by atomic mass is 35.5. The maximum Gasteiger partial charge on any atom is 0.425 e.